The minimum atomic E-state index is -0.802. The third kappa shape index (κ3) is 1.86. The van der Waals surface area contributed by atoms with Crippen LogP contribution in [0.1, 0.15) is 26.2 Å². The zero-order chi connectivity index (χ0) is 11.8. The van der Waals surface area contributed by atoms with Gasteiger partial charge in [0.2, 0.25) is 0 Å². The summed E-state index contributed by atoms with van der Waals surface area (Å²) in [5.74, 6) is -0.802. The van der Waals surface area contributed by atoms with Crippen molar-refractivity contribution in [2.75, 3.05) is 26.2 Å². The molecule has 5 heteroatoms. The summed E-state index contributed by atoms with van der Waals surface area (Å²) >= 11 is 0. The molecule has 1 atom stereocenters. The summed E-state index contributed by atoms with van der Waals surface area (Å²) in [5.41, 5.74) is -0.755. The SMILES string of the molecule is CC1(C(=O)O)CCN(C(=O)N2CCCC2)C1. The van der Waals surface area contributed by atoms with Crippen LogP contribution in [0, 0.1) is 5.41 Å². The summed E-state index contributed by atoms with van der Waals surface area (Å²) in [6, 6.07) is 0.0162. The van der Waals surface area contributed by atoms with E-state index in [1.54, 1.807) is 11.8 Å². The number of hydrogen-bond donors (Lipinski definition) is 1. The Morgan fingerprint density at radius 3 is 2.25 bits per heavy atom. The quantitative estimate of drug-likeness (QED) is 0.725. The molecule has 5 nitrogen and oxygen atoms in total. The Morgan fingerprint density at radius 2 is 1.75 bits per heavy atom. The molecule has 1 unspecified atom stereocenters. The van der Waals surface area contributed by atoms with Crippen LogP contribution in [-0.4, -0.2) is 53.1 Å². The summed E-state index contributed by atoms with van der Waals surface area (Å²) < 4.78 is 0. The summed E-state index contributed by atoms with van der Waals surface area (Å²) in [4.78, 5) is 26.6. The number of carboxylic acid groups (broad SMARTS) is 1. The summed E-state index contributed by atoms with van der Waals surface area (Å²) in [6.07, 6.45) is 2.69. The van der Waals surface area contributed by atoms with Gasteiger partial charge in [0.1, 0.15) is 0 Å². The van der Waals surface area contributed by atoms with E-state index in [0.717, 1.165) is 25.9 Å². The molecule has 0 spiro atoms. The van der Waals surface area contributed by atoms with Gasteiger partial charge in [0.05, 0.1) is 5.41 Å². The van der Waals surface area contributed by atoms with Crippen molar-refractivity contribution < 1.29 is 14.7 Å². The number of carbonyl (C=O) groups is 2. The van der Waals surface area contributed by atoms with Crippen LogP contribution in [0.5, 0.6) is 0 Å². The first-order valence-electron chi connectivity index (χ1n) is 5.80. The molecule has 2 aliphatic heterocycles. The maximum Gasteiger partial charge on any atom is 0.320 e. The van der Waals surface area contributed by atoms with E-state index in [1.807, 2.05) is 4.90 Å². The van der Waals surface area contributed by atoms with Crippen molar-refractivity contribution >= 4 is 12.0 Å². The average molecular weight is 226 g/mol. The van der Waals surface area contributed by atoms with Crippen molar-refractivity contribution in [1.82, 2.24) is 9.80 Å². The Balaban J connectivity index is 1.97. The van der Waals surface area contributed by atoms with Crippen molar-refractivity contribution in [2.24, 2.45) is 5.41 Å². The van der Waals surface area contributed by atoms with Crippen LogP contribution >= 0.6 is 0 Å². The molecule has 16 heavy (non-hydrogen) atoms. The summed E-state index contributed by atoms with van der Waals surface area (Å²) in [5, 5.41) is 9.09. The molecule has 2 saturated heterocycles. The Labute approximate surface area is 95.0 Å². The van der Waals surface area contributed by atoms with E-state index in [9.17, 15) is 9.59 Å². The second kappa shape index (κ2) is 3.96. The van der Waals surface area contributed by atoms with Crippen molar-refractivity contribution in [3.05, 3.63) is 0 Å². The lowest BCUT2D eigenvalue weighted by molar-refractivity contribution is -0.147. The highest BCUT2D eigenvalue weighted by Gasteiger charge is 2.43. The van der Waals surface area contributed by atoms with Crippen LogP contribution in [-0.2, 0) is 4.79 Å². The Bertz CT molecular complexity index is 312. The van der Waals surface area contributed by atoms with Crippen molar-refractivity contribution in [2.45, 2.75) is 26.2 Å². The van der Waals surface area contributed by atoms with E-state index >= 15 is 0 Å². The van der Waals surface area contributed by atoms with Crippen LogP contribution in [0.3, 0.4) is 0 Å². The number of amides is 2. The number of hydrogen-bond acceptors (Lipinski definition) is 2. The van der Waals surface area contributed by atoms with Crippen LogP contribution in [0.4, 0.5) is 4.79 Å². The predicted molar refractivity (Wildman–Crippen MR) is 58.1 cm³/mol. The van der Waals surface area contributed by atoms with E-state index in [4.69, 9.17) is 5.11 Å². The highest BCUT2D eigenvalue weighted by atomic mass is 16.4. The fourth-order valence-corrected chi connectivity index (χ4v) is 2.41. The lowest BCUT2D eigenvalue weighted by Crippen LogP contribution is -2.42. The number of likely N-dealkylation sites (tertiary alicyclic amines) is 2. The van der Waals surface area contributed by atoms with Gasteiger partial charge in [-0.2, -0.15) is 0 Å². The monoisotopic (exact) mass is 226 g/mol. The number of carbonyl (C=O) groups excluding carboxylic acids is 1. The predicted octanol–water partition coefficient (Wildman–Crippen LogP) is 0.999. The van der Waals surface area contributed by atoms with Crippen molar-refractivity contribution in [3.8, 4) is 0 Å². The summed E-state index contributed by atoms with van der Waals surface area (Å²) in [6.45, 7) is 4.26. The van der Waals surface area contributed by atoms with E-state index in [-0.39, 0.29) is 6.03 Å². The van der Waals surface area contributed by atoms with Crippen molar-refractivity contribution in [3.63, 3.8) is 0 Å². The van der Waals surface area contributed by atoms with E-state index in [2.05, 4.69) is 0 Å². The van der Waals surface area contributed by atoms with Crippen molar-refractivity contribution in [1.29, 1.82) is 0 Å². The second-order valence-electron chi connectivity index (χ2n) is 5.01. The fourth-order valence-electron chi connectivity index (χ4n) is 2.41. The van der Waals surface area contributed by atoms with Gasteiger partial charge in [-0.1, -0.05) is 0 Å². The van der Waals surface area contributed by atoms with E-state index in [1.165, 1.54) is 0 Å². The Hall–Kier alpha value is -1.26. The molecule has 0 aromatic heterocycles. The first-order chi connectivity index (χ1) is 7.53. The molecule has 2 amide bonds. The topological polar surface area (TPSA) is 60.9 Å². The number of rotatable bonds is 1. The second-order valence-corrected chi connectivity index (χ2v) is 5.01. The molecule has 0 aromatic rings. The van der Waals surface area contributed by atoms with Gasteiger partial charge in [-0.3, -0.25) is 4.79 Å². The van der Waals surface area contributed by atoms with Gasteiger partial charge >= 0.3 is 12.0 Å². The van der Waals surface area contributed by atoms with Crippen LogP contribution in [0.25, 0.3) is 0 Å². The molecule has 2 heterocycles. The van der Waals surface area contributed by atoms with E-state index < -0.39 is 11.4 Å². The third-order valence-corrected chi connectivity index (χ3v) is 3.64. The van der Waals surface area contributed by atoms with E-state index in [0.29, 0.717) is 19.5 Å². The molecule has 0 bridgehead atoms. The highest BCUT2D eigenvalue weighted by Crippen LogP contribution is 2.31. The van der Waals surface area contributed by atoms with Gasteiger partial charge < -0.3 is 14.9 Å². The fraction of sp³-hybridized carbons (Fsp3) is 0.818. The molecule has 0 aliphatic carbocycles. The lowest BCUT2D eigenvalue weighted by atomic mass is 9.90. The van der Waals surface area contributed by atoms with Gasteiger partial charge in [-0.25, -0.2) is 4.79 Å². The zero-order valence-electron chi connectivity index (χ0n) is 9.61. The van der Waals surface area contributed by atoms with Gasteiger partial charge in [0.25, 0.3) is 0 Å². The average Bonchev–Trinajstić information content (AvgIpc) is 2.85. The largest absolute Gasteiger partial charge is 0.481 e. The highest BCUT2D eigenvalue weighted by molar-refractivity contribution is 5.79. The van der Waals surface area contributed by atoms with Gasteiger partial charge in [-0.15, -0.1) is 0 Å². The van der Waals surface area contributed by atoms with Gasteiger partial charge in [-0.05, 0) is 26.2 Å². The molecule has 2 fully saturated rings. The smallest absolute Gasteiger partial charge is 0.320 e. The maximum atomic E-state index is 12.0. The standard InChI is InChI=1S/C11H18N2O3/c1-11(9(14)15)4-7-13(8-11)10(16)12-5-2-3-6-12/h2-8H2,1H3,(H,14,15). The maximum absolute atomic E-state index is 12.0. The number of carboxylic acids is 1. The van der Waals surface area contributed by atoms with Crippen LogP contribution < -0.4 is 0 Å². The third-order valence-electron chi connectivity index (χ3n) is 3.64. The first kappa shape index (κ1) is 11.2. The number of urea groups is 1. The minimum Gasteiger partial charge on any atom is -0.481 e. The molecule has 0 aromatic carbocycles. The minimum absolute atomic E-state index is 0.0162. The van der Waals surface area contributed by atoms with Gasteiger partial charge in [0, 0.05) is 26.2 Å². The molecule has 0 radical (unpaired) electrons. The molecule has 2 aliphatic rings. The molecule has 90 valence electrons. The first-order valence-corrected chi connectivity index (χ1v) is 5.80. The molecule has 2 rings (SSSR count). The Kier molecular flexibility index (Phi) is 2.78. The number of nitrogens with zero attached hydrogens (tertiary/aromatic N) is 2. The van der Waals surface area contributed by atoms with Gasteiger partial charge in [0.15, 0.2) is 0 Å². The molecular weight excluding hydrogens is 208 g/mol. The van der Waals surface area contributed by atoms with Crippen LogP contribution in [0.2, 0.25) is 0 Å². The lowest BCUT2D eigenvalue weighted by Gasteiger charge is -2.25. The normalized spacial score (nSPS) is 29.8. The molecular formula is C11H18N2O3. The zero-order valence-corrected chi connectivity index (χ0v) is 9.61. The molecule has 0 saturated carbocycles. The number of aliphatic carboxylic acids is 1. The molecule has 1 N–H and O–H groups in total. The summed E-state index contributed by atoms with van der Waals surface area (Å²) in [7, 11) is 0. The Morgan fingerprint density at radius 1 is 1.12 bits per heavy atom. The van der Waals surface area contributed by atoms with Crippen LogP contribution in [0.15, 0.2) is 0 Å².